The summed E-state index contributed by atoms with van der Waals surface area (Å²) in [5.41, 5.74) is 0. The van der Waals surface area contributed by atoms with Gasteiger partial charge in [0.05, 0.1) is 5.92 Å². The summed E-state index contributed by atoms with van der Waals surface area (Å²) in [5, 5.41) is 2.33. The van der Waals surface area contributed by atoms with Crippen LogP contribution < -0.4 is 5.32 Å². The molecular formula is C20H35NO3. The molecule has 0 radical (unpaired) electrons. The zero-order valence-corrected chi connectivity index (χ0v) is 15.4. The van der Waals surface area contributed by atoms with Crippen LogP contribution in [-0.4, -0.2) is 25.0 Å². The number of carbonyl (C=O) groups is 2. The Morgan fingerprint density at radius 1 is 0.958 bits per heavy atom. The van der Waals surface area contributed by atoms with Crippen molar-refractivity contribution in [3.63, 3.8) is 0 Å². The highest BCUT2D eigenvalue weighted by atomic mass is 16.5. The number of hydrogen-bond donors (Lipinski definition) is 1. The van der Waals surface area contributed by atoms with Gasteiger partial charge in [0.25, 0.3) is 0 Å². The van der Waals surface area contributed by atoms with Crippen LogP contribution in [0.4, 0.5) is 0 Å². The fourth-order valence-electron chi connectivity index (χ4n) is 2.86. The maximum atomic E-state index is 11.4. The quantitative estimate of drug-likeness (QED) is 0.271. The van der Waals surface area contributed by atoms with Crippen molar-refractivity contribution in [1.82, 2.24) is 5.32 Å². The van der Waals surface area contributed by atoms with E-state index in [1.807, 2.05) is 6.08 Å². The predicted molar refractivity (Wildman–Crippen MR) is 97.7 cm³/mol. The van der Waals surface area contributed by atoms with E-state index in [0.717, 1.165) is 19.6 Å². The summed E-state index contributed by atoms with van der Waals surface area (Å²) in [6.45, 7) is 4.04. The van der Waals surface area contributed by atoms with E-state index < -0.39 is 0 Å². The number of amides is 2. The molecule has 0 bridgehead atoms. The average Bonchev–Trinajstić information content (AvgIpc) is 2.88. The minimum absolute atomic E-state index is 0.146. The summed E-state index contributed by atoms with van der Waals surface area (Å²) < 4.78 is 5.56. The Balaban J connectivity index is 1.79. The lowest BCUT2D eigenvalue weighted by atomic mass is 10.0. The van der Waals surface area contributed by atoms with Crippen molar-refractivity contribution in [2.75, 3.05) is 13.2 Å². The summed E-state index contributed by atoms with van der Waals surface area (Å²) >= 11 is 0. The Morgan fingerprint density at radius 2 is 1.58 bits per heavy atom. The highest BCUT2D eigenvalue weighted by Gasteiger charge is 2.27. The molecule has 2 amide bonds. The largest absolute Gasteiger partial charge is 0.381 e. The zero-order valence-electron chi connectivity index (χ0n) is 15.4. The molecule has 24 heavy (non-hydrogen) atoms. The maximum Gasteiger partial charge on any atom is 0.233 e. The molecule has 0 spiro atoms. The standard InChI is InChI=1S/C20H35NO3/c1-2-3-15-24-16-13-11-9-7-5-4-6-8-10-12-14-18-17-19(22)21-20(18)23/h12,14,18H,2-11,13,15-17H2,1H3,(H,21,22,23). The molecule has 1 fully saturated rings. The van der Waals surface area contributed by atoms with Gasteiger partial charge in [-0.05, 0) is 25.7 Å². The molecule has 0 aromatic carbocycles. The van der Waals surface area contributed by atoms with Gasteiger partial charge < -0.3 is 4.74 Å². The van der Waals surface area contributed by atoms with Crippen molar-refractivity contribution in [2.45, 2.75) is 84.0 Å². The third-order valence-electron chi connectivity index (χ3n) is 4.42. The first-order chi connectivity index (χ1) is 11.7. The van der Waals surface area contributed by atoms with Gasteiger partial charge in [-0.15, -0.1) is 0 Å². The Labute approximate surface area is 147 Å². The minimum Gasteiger partial charge on any atom is -0.381 e. The van der Waals surface area contributed by atoms with Gasteiger partial charge in [-0.3, -0.25) is 14.9 Å². The first-order valence-corrected chi connectivity index (χ1v) is 9.82. The van der Waals surface area contributed by atoms with E-state index in [0.29, 0.717) is 6.42 Å². The lowest BCUT2D eigenvalue weighted by Crippen LogP contribution is -2.21. The summed E-state index contributed by atoms with van der Waals surface area (Å²) in [6, 6.07) is 0. The van der Waals surface area contributed by atoms with Crippen LogP contribution in [0.2, 0.25) is 0 Å². The second kappa shape index (κ2) is 14.2. The third-order valence-corrected chi connectivity index (χ3v) is 4.42. The average molecular weight is 338 g/mol. The number of ether oxygens (including phenoxy) is 1. The van der Waals surface area contributed by atoms with Crippen molar-refractivity contribution >= 4 is 11.8 Å². The van der Waals surface area contributed by atoms with Crippen LogP contribution >= 0.6 is 0 Å². The Morgan fingerprint density at radius 3 is 2.21 bits per heavy atom. The van der Waals surface area contributed by atoms with Crippen LogP contribution in [0.3, 0.4) is 0 Å². The van der Waals surface area contributed by atoms with Crippen molar-refractivity contribution in [3.05, 3.63) is 12.2 Å². The lowest BCUT2D eigenvalue weighted by Gasteiger charge is -2.03. The van der Waals surface area contributed by atoms with E-state index in [1.165, 1.54) is 64.2 Å². The normalized spacial score (nSPS) is 17.8. The molecule has 1 atom stereocenters. The molecule has 1 aliphatic heterocycles. The van der Waals surface area contributed by atoms with Crippen LogP contribution in [0.25, 0.3) is 0 Å². The molecular weight excluding hydrogens is 302 g/mol. The number of hydrogen-bond acceptors (Lipinski definition) is 3. The van der Waals surface area contributed by atoms with E-state index >= 15 is 0 Å². The van der Waals surface area contributed by atoms with E-state index in [1.54, 1.807) is 0 Å². The van der Waals surface area contributed by atoms with Crippen LogP contribution in [0.5, 0.6) is 0 Å². The molecule has 138 valence electrons. The molecule has 0 aromatic heterocycles. The van der Waals surface area contributed by atoms with E-state index in [4.69, 9.17) is 4.74 Å². The summed E-state index contributed by atoms with van der Waals surface area (Å²) in [6.07, 6.45) is 17.8. The SMILES string of the molecule is CCCCOCCCCCCCCCCC=CC1CC(=O)NC1=O. The Hall–Kier alpha value is -1.16. The van der Waals surface area contributed by atoms with Gasteiger partial charge in [0.2, 0.25) is 11.8 Å². The number of carbonyl (C=O) groups excluding carboxylic acids is 2. The van der Waals surface area contributed by atoms with E-state index in [2.05, 4.69) is 18.3 Å². The fraction of sp³-hybridized carbons (Fsp3) is 0.800. The van der Waals surface area contributed by atoms with Gasteiger partial charge >= 0.3 is 0 Å². The Bertz CT molecular complexity index is 379. The number of rotatable bonds is 15. The second-order valence-electron chi connectivity index (χ2n) is 6.73. The molecule has 1 saturated heterocycles. The highest BCUT2D eigenvalue weighted by molar-refractivity contribution is 6.04. The molecule has 0 aliphatic carbocycles. The number of unbranched alkanes of at least 4 members (excludes halogenated alkanes) is 9. The summed E-state index contributed by atoms with van der Waals surface area (Å²) in [4.78, 5) is 22.4. The number of imide groups is 1. The van der Waals surface area contributed by atoms with Gasteiger partial charge in [0.1, 0.15) is 0 Å². The third kappa shape index (κ3) is 10.6. The van der Waals surface area contributed by atoms with Crippen LogP contribution in [0.15, 0.2) is 12.2 Å². The molecule has 4 nitrogen and oxygen atoms in total. The maximum absolute atomic E-state index is 11.4. The lowest BCUT2D eigenvalue weighted by molar-refractivity contribution is -0.125. The van der Waals surface area contributed by atoms with Gasteiger partial charge in [-0.25, -0.2) is 0 Å². The van der Waals surface area contributed by atoms with Gasteiger partial charge in [0.15, 0.2) is 0 Å². The molecule has 1 N–H and O–H groups in total. The minimum atomic E-state index is -0.233. The van der Waals surface area contributed by atoms with Crippen molar-refractivity contribution < 1.29 is 14.3 Å². The van der Waals surface area contributed by atoms with Gasteiger partial charge in [-0.1, -0.05) is 64.0 Å². The van der Waals surface area contributed by atoms with E-state index in [-0.39, 0.29) is 17.7 Å². The molecule has 4 heteroatoms. The topological polar surface area (TPSA) is 55.4 Å². The number of allylic oxidation sites excluding steroid dienone is 1. The molecule has 0 saturated carbocycles. The molecule has 1 heterocycles. The molecule has 1 rings (SSSR count). The molecule has 1 aliphatic rings. The highest BCUT2D eigenvalue weighted by Crippen LogP contribution is 2.14. The summed E-state index contributed by atoms with van der Waals surface area (Å²) in [7, 11) is 0. The second-order valence-corrected chi connectivity index (χ2v) is 6.73. The Kier molecular flexibility index (Phi) is 12.4. The van der Waals surface area contributed by atoms with Crippen molar-refractivity contribution in [1.29, 1.82) is 0 Å². The molecule has 0 aromatic rings. The van der Waals surface area contributed by atoms with Gasteiger partial charge in [-0.2, -0.15) is 0 Å². The smallest absolute Gasteiger partial charge is 0.233 e. The first kappa shape index (κ1) is 20.9. The predicted octanol–water partition coefficient (Wildman–Crippen LogP) is 4.53. The fourth-order valence-corrected chi connectivity index (χ4v) is 2.86. The van der Waals surface area contributed by atoms with E-state index in [9.17, 15) is 9.59 Å². The number of nitrogens with one attached hydrogen (secondary N) is 1. The monoisotopic (exact) mass is 337 g/mol. The summed E-state index contributed by atoms with van der Waals surface area (Å²) in [5.74, 6) is -0.530. The van der Waals surface area contributed by atoms with Crippen LogP contribution in [-0.2, 0) is 14.3 Å². The zero-order chi connectivity index (χ0) is 17.5. The molecule has 1 unspecified atom stereocenters. The van der Waals surface area contributed by atoms with Crippen molar-refractivity contribution in [3.8, 4) is 0 Å². The van der Waals surface area contributed by atoms with Crippen molar-refractivity contribution in [2.24, 2.45) is 5.92 Å². The van der Waals surface area contributed by atoms with Crippen LogP contribution in [0, 0.1) is 5.92 Å². The first-order valence-electron chi connectivity index (χ1n) is 9.82. The van der Waals surface area contributed by atoms with Crippen LogP contribution in [0.1, 0.15) is 84.0 Å². The van der Waals surface area contributed by atoms with Gasteiger partial charge in [0, 0.05) is 19.6 Å².